The maximum atomic E-state index is 12.3. The Kier molecular flexibility index (Phi) is 4.72. The highest BCUT2D eigenvalue weighted by atomic mass is 32.1. The predicted octanol–water partition coefficient (Wildman–Crippen LogP) is 3.62. The number of carbonyl (C=O) groups is 1. The first-order valence-electron chi connectivity index (χ1n) is 8.76. The Morgan fingerprint density at radius 3 is 2.93 bits per heavy atom. The number of hydrogen-bond donors (Lipinski definition) is 1. The summed E-state index contributed by atoms with van der Waals surface area (Å²) in [4.78, 5) is 21.3. The lowest BCUT2D eigenvalue weighted by molar-refractivity contribution is -0.116. The Labute approximate surface area is 160 Å². The van der Waals surface area contributed by atoms with Crippen LogP contribution in [-0.2, 0) is 18.4 Å². The number of imidazole rings is 1. The number of fused-ring (bicyclic) bond motifs is 1. The minimum Gasteiger partial charge on any atom is -0.328 e. The molecule has 1 amide bonds. The van der Waals surface area contributed by atoms with Gasteiger partial charge in [0.1, 0.15) is 5.82 Å². The quantitative estimate of drug-likeness (QED) is 0.554. The van der Waals surface area contributed by atoms with Crippen molar-refractivity contribution in [2.45, 2.75) is 26.3 Å². The van der Waals surface area contributed by atoms with Gasteiger partial charge in [0.05, 0.1) is 22.9 Å². The van der Waals surface area contributed by atoms with Crippen molar-refractivity contribution in [2.24, 2.45) is 7.05 Å². The first kappa shape index (κ1) is 17.4. The van der Waals surface area contributed by atoms with E-state index in [1.165, 1.54) is 11.3 Å². The molecule has 0 atom stereocenters. The number of hydrogen-bond acceptors (Lipinski definition) is 5. The van der Waals surface area contributed by atoms with Crippen LogP contribution < -0.4 is 5.32 Å². The Hall–Kier alpha value is -3.00. The summed E-state index contributed by atoms with van der Waals surface area (Å²) >= 11 is 1.42. The highest BCUT2D eigenvalue weighted by Gasteiger charge is 2.11. The van der Waals surface area contributed by atoms with Crippen molar-refractivity contribution in [1.29, 1.82) is 0 Å². The third-order valence-corrected chi connectivity index (χ3v) is 5.14. The normalized spacial score (nSPS) is 11.2. The predicted molar refractivity (Wildman–Crippen MR) is 107 cm³/mol. The molecule has 138 valence electrons. The van der Waals surface area contributed by atoms with Gasteiger partial charge in [-0.25, -0.2) is 9.97 Å². The van der Waals surface area contributed by atoms with Crippen LogP contribution >= 0.6 is 11.3 Å². The van der Waals surface area contributed by atoms with Gasteiger partial charge in [0.15, 0.2) is 5.13 Å². The van der Waals surface area contributed by atoms with Crippen LogP contribution in [0.4, 0.5) is 5.13 Å². The lowest BCUT2D eigenvalue weighted by Crippen LogP contribution is -2.12. The molecular formula is C19H20N6OS. The molecule has 7 nitrogen and oxygen atoms in total. The van der Waals surface area contributed by atoms with Crippen LogP contribution in [0.1, 0.15) is 18.7 Å². The minimum atomic E-state index is -0.0239. The third kappa shape index (κ3) is 3.75. The molecule has 27 heavy (non-hydrogen) atoms. The molecule has 0 aliphatic carbocycles. The molecule has 0 unspecified atom stereocenters. The van der Waals surface area contributed by atoms with E-state index in [0.29, 0.717) is 11.6 Å². The van der Waals surface area contributed by atoms with Crippen LogP contribution in [0.25, 0.3) is 22.3 Å². The van der Waals surface area contributed by atoms with E-state index in [2.05, 4.69) is 31.0 Å². The number of benzene rings is 1. The molecule has 0 saturated heterocycles. The minimum absolute atomic E-state index is 0.0239. The first-order chi connectivity index (χ1) is 13.1. The molecule has 0 spiro atoms. The molecule has 1 aromatic carbocycles. The lowest BCUT2D eigenvalue weighted by Gasteiger charge is -2.06. The molecule has 0 aliphatic heterocycles. The molecule has 0 bridgehead atoms. The van der Waals surface area contributed by atoms with Crippen LogP contribution in [0.15, 0.2) is 42.0 Å². The number of aromatic nitrogens is 5. The standard InChI is InChI=1S/C19H20N6OS/c1-13-21-15-6-3-4-7-17(15)25(13)9-5-8-18(26)23-19-22-16(12-27-19)14-10-20-24(2)11-14/h3-4,6-7,10-12H,5,8-9H2,1-2H3,(H,22,23,26). The van der Waals surface area contributed by atoms with E-state index in [-0.39, 0.29) is 5.91 Å². The second kappa shape index (κ2) is 7.32. The maximum absolute atomic E-state index is 12.3. The lowest BCUT2D eigenvalue weighted by atomic mass is 10.2. The summed E-state index contributed by atoms with van der Waals surface area (Å²) in [6.07, 6.45) is 4.85. The molecule has 0 fully saturated rings. The smallest absolute Gasteiger partial charge is 0.226 e. The number of nitrogens with zero attached hydrogens (tertiary/aromatic N) is 5. The van der Waals surface area contributed by atoms with Crippen molar-refractivity contribution in [3.05, 3.63) is 47.9 Å². The number of rotatable bonds is 6. The van der Waals surface area contributed by atoms with Gasteiger partial charge >= 0.3 is 0 Å². The van der Waals surface area contributed by atoms with Gasteiger partial charge in [-0.15, -0.1) is 11.3 Å². The van der Waals surface area contributed by atoms with E-state index in [0.717, 1.165) is 41.1 Å². The molecule has 0 radical (unpaired) electrons. The fourth-order valence-corrected chi connectivity index (χ4v) is 3.81. The molecular weight excluding hydrogens is 360 g/mol. The highest BCUT2D eigenvalue weighted by Crippen LogP contribution is 2.24. The molecule has 0 saturated carbocycles. The zero-order valence-corrected chi connectivity index (χ0v) is 16.0. The molecule has 3 heterocycles. The van der Waals surface area contributed by atoms with Gasteiger partial charge in [0.2, 0.25) is 5.91 Å². The summed E-state index contributed by atoms with van der Waals surface area (Å²) in [6, 6.07) is 8.06. The van der Waals surface area contributed by atoms with Crippen LogP contribution in [0.5, 0.6) is 0 Å². The maximum Gasteiger partial charge on any atom is 0.226 e. The number of amides is 1. The second-order valence-electron chi connectivity index (χ2n) is 6.39. The summed E-state index contributed by atoms with van der Waals surface area (Å²) in [5.74, 6) is 0.946. The number of thiazole rings is 1. The van der Waals surface area contributed by atoms with Crippen LogP contribution in [0.3, 0.4) is 0 Å². The van der Waals surface area contributed by atoms with E-state index < -0.39 is 0 Å². The second-order valence-corrected chi connectivity index (χ2v) is 7.25. The van der Waals surface area contributed by atoms with E-state index in [9.17, 15) is 4.79 Å². The van der Waals surface area contributed by atoms with Gasteiger partial charge in [0.25, 0.3) is 0 Å². The van der Waals surface area contributed by atoms with E-state index in [1.807, 2.05) is 43.7 Å². The van der Waals surface area contributed by atoms with E-state index >= 15 is 0 Å². The number of carbonyl (C=O) groups excluding carboxylic acids is 1. The van der Waals surface area contributed by atoms with E-state index in [1.54, 1.807) is 10.9 Å². The van der Waals surface area contributed by atoms with Gasteiger partial charge in [-0.1, -0.05) is 12.1 Å². The summed E-state index contributed by atoms with van der Waals surface area (Å²) in [6.45, 7) is 2.76. The van der Waals surface area contributed by atoms with Crippen molar-refractivity contribution < 1.29 is 4.79 Å². The summed E-state index contributed by atoms with van der Waals surface area (Å²) in [7, 11) is 1.86. The number of anilines is 1. The average Bonchev–Trinajstić information content (AvgIpc) is 3.34. The van der Waals surface area contributed by atoms with Crippen molar-refractivity contribution >= 4 is 33.4 Å². The number of nitrogens with one attached hydrogen (secondary N) is 1. The molecule has 8 heteroatoms. The van der Waals surface area contributed by atoms with Gasteiger partial charge in [-0.2, -0.15) is 5.10 Å². The summed E-state index contributed by atoms with van der Waals surface area (Å²) in [5.41, 5.74) is 3.86. The fourth-order valence-electron chi connectivity index (χ4n) is 3.07. The molecule has 4 aromatic rings. The van der Waals surface area contributed by atoms with Gasteiger partial charge in [0, 0.05) is 37.2 Å². The zero-order valence-electron chi connectivity index (χ0n) is 15.2. The fraction of sp³-hybridized carbons (Fsp3) is 0.263. The van der Waals surface area contributed by atoms with Crippen LogP contribution in [0, 0.1) is 6.92 Å². The Bertz CT molecular complexity index is 1090. The van der Waals surface area contributed by atoms with Gasteiger partial charge in [-0.3, -0.25) is 9.48 Å². The number of aryl methyl sites for hydroxylation is 3. The van der Waals surface area contributed by atoms with Crippen LogP contribution in [-0.4, -0.2) is 30.2 Å². The van der Waals surface area contributed by atoms with Gasteiger partial charge in [-0.05, 0) is 25.5 Å². The largest absolute Gasteiger partial charge is 0.328 e. The Morgan fingerprint density at radius 1 is 1.26 bits per heavy atom. The molecule has 1 N–H and O–H groups in total. The Morgan fingerprint density at radius 2 is 2.11 bits per heavy atom. The number of para-hydroxylation sites is 2. The Balaban J connectivity index is 1.33. The monoisotopic (exact) mass is 380 g/mol. The third-order valence-electron chi connectivity index (χ3n) is 4.38. The van der Waals surface area contributed by atoms with Crippen molar-refractivity contribution in [3.63, 3.8) is 0 Å². The summed E-state index contributed by atoms with van der Waals surface area (Å²) in [5, 5.41) is 9.57. The zero-order chi connectivity index (χ0) is 18.8. The SMILES string of the molecule is Cc1nc2ccccc2n1CCCC(=O)Nc1nc(-c2cnn(C)c2)cs1. The van der Waals surface area contributed by atoms with Crippen molar-refractivity contribution in [3.8, 4) is 11.3 Å². The summed E-state index contributed by atoms with van der Waals surface area (Å²) < 4.78 is 3.89. The first-order valence-corrected chi connectivity index (χ1v) is 9.64. The van der Waals surface area contributed by atoms with Crippen LogP contribution in [0.2, 0.25) is 0 Å². The molecule has 0 aliphatic rings. The van der Waals surface area contributed by atoms with Crippen molar-refractivity contribution in [1.82, 2.24) is 24.3 Å². The highest BCUT2D eigenvalue weighted by molar-refractivity contribution is 7.14. The molecule has 4 rings (SSSR count). The van der Waals surface area contributed by atoms with E-state index in [4.69, 9.17) is 0 Å². The van der Waals surface area contributed by atoms with Crippen molar-refractivity contribution in [2.75, 3.05) is 5.32 Å². The molecule has 3 aromatic heterocycles. The van der Waals surface area contributed by atoms with Gasteiger partial charge < -0.3 is 9.88 Å². The topological polar surface area (TPSA) is 77.6 Å². The average molecular weight is 380 g/mol.